The third-order valence-electron chi connectivity index (χ3n) is 7.37. The standard InChI is InChI=1S/C26H22Cl2F3N3O5S/c27-20-11-17(14-4-6-15(7-5-14)25(36)37)12-21(28)18(20)10-16-8-9-33(24(16)35)23-3-1-2-22-19(23)13-34(32-22)40(38,39)26(29,30)31/h4-7,11-13,16,23H,1-3,8-10H2,(H,36,37). The van der Waals surface area contributed by atoms with Crippen molar-refractivity contribution in [3.63, 3.8) is 0 Å². The number of aromatic carboxylic acids is 1. The lowest BCUT2D eigenvalue weighted by Gasteiger charge is -2.31. The lowest BCUT2D eigenvalue weighted by atomic mass is 9.91. The monoisotopic (exact) mass is 615 g/mol. The Bertz CT molecular complexity index is 1580. The van der Waals surface area contributed by atoms with Gasteiger partial charge in [-0.3, -0.25) is 4.79 Å². The Morgan fingerprint density at radius 3 is 2.33 bits per heavy atom. The summed E-state index contributed by atoms with van der Waals surface area (Å²) in [5.41, 5.74) is -2.85. The summed E-state index contributed by atoms with van der Waals surface area (Å²) in [6.45, 7) is 0.341. The normalized spacial score (nSPS) is 19.6. The molecule has 3 aromatic rings. The lowest BCUT2D eigenvalue weighted by Crippen LogP contribution is -2.34. The smallest absolute Gasteiger partial charge is 0.478 e. The van der Waals surface area contributed by atoms with Gasteiger partial charge in [-0.15, -0.1) is 0 Å². The number of benzene rings is 2. The summed E-state index contributed by atoms with van der Waals surface area (Å²) in [5.74, 6) is -1.74. The van der Waals surface area contributed by atoms with E-state index in [4.69, 9.17) is 28.3 Å². The number of rotatable bonds is 6. The van der Waals surface area contributed by atoms with E-state index in [2.05, 4.69) is 5.10 Å². The third kappa shape index (κ3) is 5.08. The molecule has 0 saturated carbocycles. The molecule has 1 aliphatic carbocycles. The van der Waals surface area contributed by atoms with Crippen molar-refractivity contribution < 1.29 is 36.3 Å². The van der Waals surface area contributed by atoms with Crippen LogP contribution in [-0.2, 0) is 27.7 Å². The molecular weight excluding hydrogens is 594 g/mol. The van der Waals surface area contributed by atoms with E-state index in [1.165, 1.54) is 12.1 Å². The number of fused-ring (bicyclic) bond motifs is 1. The molecule has 1 fully saturated rings. The van der Waals surface area contributed by atoms with Crippen LogP contribution in [0.15, 0.2) is 42.6 Å². The predicted octanol–water partition coefficient (Wildman–Crippen LogP) is 5.72. The van der Waals surface area contributed by atoms with E-state index in [9.17, 15) is 31.2 Å². The lowest BCUT2D eigenvalue weighted by molar-refractivity contribution is -0.133. The molecule has 1 saturated heterocycles. The second-order valence-electron chi connectivity index (χ2n) is 9.78. The highest BCUT2D eigenvalue weighted by atomic mass is 35.5. The van der Waals surface area contributed by atoms with Crippen molar-refractivity contribution >= 4 is 45.1 Å². The number of aromatic nitrogens is 2. The number of nitrogens with zero attached hydrogens (tertiary/aromatic N) is 3. The van der Waals surface area contributed by atoms with Gasteiger partial charge in [-0.25, -0.2) is 4.79 Å². The molecule has 5 rings (SSSR count). The largest absolute Gasteiger partial charge is 0.518 e. The summed E-state index contributed by atoms with van der Waals surface area (Å²) in [7, 11) is -5.67. The average molecular weight is 616 g/mol. The Kier molecular flexibility index (Phi) is 7.38. The maximum atomic E-state index is 13.4. The van der Waals surface area contributed by atoms with Crippen LogP contribution in [0.4, 0.5) is 13.2 Å². The van der Waals surface area contributed by atoms with Gasteiger partial charge in [-0.1, -0.05) is 35.3 Å². The van der Waals surface area contributed by atoms with Crippen LogP contribution in [0.3, 0.4) is 0 Å². The summed E-state index contributed by atoms with van der Waals surface area (Å²) in [6.07, 6.45) is 2.91. The van der Waals surface area contributed by atoms with Crippen LogP contribution in [0.5, 0.6) is 0 Å². The average Bonchev–Trinajstić information content (AvgIpc) is 3.49. The fourth-order valence-corrected chi connectivity index (χ4v) is 6.63. The molecule has 0 bridgehead atoms. The van der Waals surface area contributed by atoms with Crippen LogP contribution in [0.25, 0.3) is 11.1 Å². The van der Waals surface area contributed by atoms with E-state index in [0.29, 0.717) is 64.5 Å². The van der Waals surface area contributed by atoms with Crippen molar-refractivity contribution in [2.24, 2.45) is 5.92 Å². The molecule has 2 unspecified atom stereocenters. The SMILES string of the molecule is O=C(O)c1ccc(-c2cc(Cl)c(CC3CCN(C4CCCc5nn(S(=O)(=O)C(F)(F)F)cc54)C3=O)c(Cl)c2)cc1. The van der Waals surface area contributed by atoms with Gasteiger partial charge in [0, 0.05) is 34.3 Å². The van der Waals surface area contributed by atoms with Crippen LogP contribution < -0.4 is 0 Å². The second kappa shape index (κ2) is 10.4. The van der Waals surface area contributed by atoms with Gasteiger partial charge in [-0.05, 0) is 73.1 Å². The summed E-state index contributed by atoms with van der Waals surface area (Å²) >= 11 is 13.1. The van der Waals surface area contributed by atoms with E-state index < -0.39 is 33.5 Å². The molecule has 8 nitrogen and oxygen atoms in total. The zero-order chi connectivity index (χ0) is 29.0. The molecule has 40 heavy (non-hydrogen) atoms. The Morgan fingerprint density at radius 1 is 1.07 bits per heavy atom. The third-order valence-corrected chi connectivity index (χ3v) is 9.31. The molecule has 0 spiro atoms. The molecule has 1 aliphatic heterocycles. The van der Waals surface area contributed by atoms with Crippen molar-refractivity contribution in [3.8, 4) is 11.1 Å². The molecule has 2 aromatic carbocycles. The molecular formula is C26H22Cl2F3N3O5S. The molecule has 2 aliphatic rings. The van der Waals surface area contributed by atoms with Crippen molar-refractivity contribution in [3.05, 3.63) is 75.0 Å². The fourth-order valence-electron chi connectivity index (χ4n) is 5.32. The van der Waals surface area contributed by atoms with Crippen molar-refractivity contribution in [2.45, 2.75) is 43.7 Å². The number of aryl methyl sites for hydroxylation is 1. The number of halogens is 5. The molecule has 1 N–H and O–H groups in total. The number of alkyl halides is 3. The summed E-state index contributed by atoms with van der Waals surface area (Å²) in [4.78, 5) is 26.1. The van der Waals surface area contributed by atoms with E-state index in [-0.39, 0.29) is 27.7 Å². The van der Waals surface area contributed by atoms with E-state index in [1.807, 2.05) is 0 Å². The van der Waals surface area contributed by atoms with Gasteiger partial charge in [0.05, 0.1) is 17.3 Å². The minimum absolute atomic E-state index is 0.0374. The van der Waals surface area contributed by atoms with Crippen LogP contribution in [0.1, 0.15) is 52.5 Å². The molecule has 0 radical (unpaired) electrons. The summed E-state index contributed by atoms with van der Waals surface area (Å²) in [6, 6.07) is 9.03. The Labute approximate surface area is 237 Å². The minimum Gasteiger partial charge on any atom is -0.478 e. The summed E-state index contributed by atoms with van der Waals surface area (Å²) < 4.78 is 63.0. The zero-order valence-electron chi connectivity index (χ0n) is 20.7. The van der Waals surface area contributed by atoms with E-state index in [1.54, 1.807) is 29.2 Å². The highest BCUT2D eigenvalue weighted by molar-refractivity contribution is 7.90. The molecule has 2 atom stereocenters. The number of carboxylic acid groups (broad SMARTS) is 1. The van der Waals surface area contributed by atoms with Gasteiger partial charge in [0.25, 0.3) is 0 Å². The van der Waals surface area contributed by atoms with Crippen LogP contribution >= 0.6 is 23.2 Å². The molecule has 1 amide bonds. The number of amides is 1. The molecule has 2 heterocycles. The number of carbonyl (C=O) groups is 2. The zero-order valence-corrected chi connectivity index (χ0v) is 23.0. The van der Waals surface area contributed by atoms with Crippen LogP contribution in [-0.4, -0.2) is 51.5 Å². The highest BCUT2D eigenvalue weighted by Crippen LogP contribution is 2.41. The molecule has 1 aromatic heterocycles. The Morgan fingerprint density at radius 2 is 1.73 bits per heavy atom. The number of carbonyl (C=O) groups excluding carboxylic acids is 1. The first-order valence-electron chi connectivity index (χ1n) is 12.3. The minimum atomic E-state index is -5.67. The van der Waals surface area contributed by atoms with Crippen LogP contribution in [0, 0.1) is 5.92 Å². The van der Waals surface area contributed by atoms with E-state index >= 15 is 0 Å². The van der Waals surface area contributed by atoms with Gasteiger partial charge in [0.2, 0.25) is 5.91 Å². The predicted molar refractivity (Wildman–Crippen MR) is 141 cm³/mol. The fraction of sp³-hybridized carbons (Fsp3) is 0.346. The first-order valence-corrected chi connectivity index (χ1v) is 14.5. The topological polar surface area (TPSA) is 110 Å². The number of hydrogen-bond donors (Lipinski definition) is 1. The summed E-state index contributed by atoms with van der Waals surface area (Å²) in [5, 5.41) is 13.5. The number of hydrogen-bond acceptors (Lipinski definition) is 5. The number of carboxylic acids is 1. The van der Waals surface area contributed by atoms with Crippen molar-refractivity contribution in [1.82, 2.24) is 14.1 Å². The maximum absolute atomic E-state index is 13.4. The Balaban J connectivity index is 1.35. The van der Waals surface area contributed by atoms with Gasteiger partial charge in [0.1, 0.15) is 0 Å². The quantitative estimate of drug-likeness (QED) is 0.380. The maximum Gasteiger partial charge on any atom is 0.518 e. The first kappa shape index (κ1) is 28.4. The van der Waals surface area contributed by atoms with Gasteiger partial charge in [-0.2, -0.15) is 30.8 Å². The molecule has 14 heteroatoms. The second-order valence-corrected chi connectivity index (χ2v) is 12.4. The number of likely N-dealkylation sites (tertiary alicyclic amines) is 1. The van der Waals surface area contributed by atoms with Crippen molar-refractivity contribution in [1.29, 1.82) is 0 Å². The highest BCUT2D eigenvalue weighted by Gasteiger charge is 2.49. The van der Waals surface area contributed by atoms with Crippen LogP contribution in [0.2, 0.25) is 10.0 Å². The first-order chi connectivity index (χ1) is 18.8. The van der Waals surface area contributed by atoms with E-state index in [0.717, 1.165) is 6.20 Å². The van der Waals surface area contributed by atoms with Crippen molar-refractivity contribution in [2.75, 3.05) is 6.54 Å². The van der Waals surface area contributed by atoms with Gasteiger partial charge >= 0.3 is 21.5 Å². The Hall–Kier alpha value is -3.09. The molecule has 212 valence electrons. The van der Waals surface area contributed by atoms with Gasteiger partial charge in [0.15, 0.2) is 0 Å². The van der Waals surface area contributed by atoms with Gasteiger partial charge < -0.3 is 10.0 Å².